The van der Waals surface area contributed by atoms with Crippen molar-refractivity contribution in [2.75, 3.05) is 5.32 Å². The molecule has 0 saturated heterocycles. The van der Waals surface area contributed by atoms with Crippen LogP contribution in [0.5, 0.6) is 0 Å². The minimum absolute atomic E-state index is 0.328. The molecule has 0 aromatic heterocycles. The quantitative estimate of drug-likeness (QED) is 0.801. The Balaban J connectivity index is 2.13. The molecule has 0 fully saturated rings. The van der Waals surface area contributed by atoms with Crippen LogP contribution in [0.1, 0.15) is 10.9 Å². The molecule has 0 aliphatic heterocycles. The number of amides is 1. The number of anilines is 1. The average molecular weight is 315 g/mol. The van der Waals surface area contributed by atoms with Gasteiger partial charge in [0.1, 0.15) is 5.38 Å². The van der Waals surface area contributed by atoms with Crippen LogP contribution >= 0.6 is 34.8 Å². The van der Waals surface area contributed by atoms with E-state index in [9.17, 15) is 4.79 Å². The van der Waals surface area contributed by atoms with Gasteiger partial charge in [0.15, 0.2) is 0 Å². The maximum absolute atomic E-state index is 12.0. The van der Waals surface area contributed by atoms with Crippen LogP contribution in [0.2, 0.25) is 10.0 Å². The van der Waals surface area contributed by atoms with Crippen LogP contribution in [0.4, 0.5) is 5.69 Å². The number of hydrogen-bond donors (Lipinski definition) is 1. The van der Waals surface area contributed by atoms with Crippen molar-refractivity contribution in [1.82, 2.24) is 0 Å². The molecule has 1 atom stereocenters. The summed E-state index contributed by atoms with van der Waals surface area (Å²) in [5.74, 6) is -0.328. The standard InChI is InChI=1S/C14H10Cl3NO/c15-10-6-11(16)8-12(7-10)18-14(19)13(17)9-4-2-1-3-5-9/h1-8,13H,(H,18,19)/t13-/m0/s1. The summed E-state index contributed by atoms with van der Waals surface area (Å²) in [4.78, 5) is 12.0. The van der Waals surface area contributed by atoms with Crippen molar-refractivity contribution in [2.45, 2.75) is 5.38 Å². The third-order valence-electron chi connectivity index (χ3n) is 2.45. The number of carbonyl (C=O) groups excluding carboxylic acids is 1. The molecule has 1 N–H and O–H groups in total. The molecule has 98 valence electrons. The van der Waals surface area contributed by atoms with Crippen molar-refractivity contribution in [3.63, 3.8) is 0 Å². The van der Waals surface area contributed by atoms with Gasteiger partial charge in [0.25, 0.3) is 0 Å². The van der Waals surface area contributed by atoms with E-state index >= 15 is 0 Å². The second kappa shape index (κ2) is 6.29. The van der Waals surface area contributed by atoms with Gasteiger partial charge < -0.3 is 5.32 Å². The number of carbonyl (C=O) groups is 1. The van der Waals surface area contributed by atoms with Gasteiger partial charge in [0.05, 0.1) is 0 Å². The Morgan fingerprint density at radius 3 is 2.16 bits per heavy atom. The van der Waals surface area contributed by atoms with Crippen LogP contribution in [0.25, 0.3) is 0 Å². The van der Waals surface area contributed by atoms with Crippen LogP contribution in [0.3, 0.4) is 0 Å². The first-order chi connectivity index (χ1) is 9.06. The molecule has 2 rings (SSSR count). The van der Waals surface area contributed by atoms with Gasteiger partial charge in [-0.15, -0.1) is 11.6 Å². The minimum Gasteiger partial charge on any atom is -0.324 e. The first-order valence-corrected chi connectivity index (χ1v) is 6.71. The number of rotatable bonds is 3. The average Bonchev–Trinajstić information content (AvgIpc) is 2.37. The molecule has 0 aliphatic rings. The molecule has 0 unspecified atom stereocenters. The Labute approximate surface area is 126 Å². The number of benzene rings is 2. The predicted octanol–water partition coefficient (Wildman–Crippen LogP) is 4.91. The van der Waals surface area contributed by atoms with E-state index in [1.807, 2.05) is 18.2 Å². The van der Waals surface area contributed by atoms with Gasteiger partial charge in [-0.3, -0.25) is 4.79 Å². The largest absolute Gasteiger partial charge is 0.324 e. The van der Waals surface area contributed by atoms with Gasteiger partial charge in [-0.05, 0) is 23.8 Å². The zero-order valence-corrected chi connectivity index (χ0v) is 12.0. The third kappa shape index (κ3) is 3.87. The molecular formula is C14H10Cl3NO. The smallest absolute Gasteiger partial charge is 0.246 e. The summed E-state index contributed by atoms with van der Waals surface area (Å²) in [5, 5.41) is 2.82. The van der Waals surface area contributed by atoms with E-state index in [4.69, 9.17) is 34.8 Å². The van der Waals surface area contributed by atoms with Gasteiger partial charge >= 0.3 is 0 Å². The molecule has 0 spiro atoms. The predicted molar refractivity (Wildman–Crippen MR) is 80.1 cm³/mol. The fourth-order valence-corrected chi connectivity index (χ4v) is 2.33. The molecule has 2 aromatic rings. The maximum atomic E-state index is 12.0. The zero-order chi connectivity index (χ0) is 13.8. The summed E-state index contributed by atoms with van der Waals surface area (Å²) in [6.45, 7) is 0. The minimum atomic E-state index is -0.765. The highest BCUT2D eigenvalue weighted by atomic mass is 35.5. The van der Waals surface area contributed by atoms with Crippen molar-refractivity contribution in [3.8, 4) is 0 Å². The molecule has 5 heteroatoms. The highest BCUT2D eigenvalue weighted by molar-refractivity contribution is 6.35. The van der Waals surface area contributed by atoms with E-state index in [0.29, 0.717) is 15.7 Å². The van der Waals surface area contributed by atoms with Gasteiger partial charge in [-0.25, -0.2) is 0 Å². The first kappa shape index (κ1) is 14.2. The van der Waals surface area contributed by atoms with Crippen molar-refractivity contribution in [1.29, 1.82) is 0 Å². The zero-order valence-electron chi connectivity index (χ0n) is 9.74. The van der Waals surface area contributed by atoms with E-state index in [1.54, 1.807) is 30.3 Å². The molecule has 0 radical (unpaired) electrons. The molecule has 0 aliphatic carbocycles. The third-order valence-corrected chi connectivity index (χ3v) is 3.34. The molecule has 19 heavy (non-hydrogen) atoms. The molecule has 1 amide bonds. The van der Waals surface area contributed by atoms with Crippen LogP contribution < -0.4 is 5.32 Å². The summed E-state index contributed by atoms with van der Waals surface area (Å²) in [6, 6.07) is 13.9. The van der Waals surface area contributed by atoms with E-state index in [2.05, 4.69) is 5.32 Å². The molecule has 0 heterocycles. The number of alkyl halides is 1. The molecule has 0 saturated carbocycles. The van der Waals surface area contributed by atoms with Crippen molar-refractivity contribution >= 4 is 46.4 Å². The SMILES string of the molecule is O=C(Nc1cc(Cl)cc(Cl)c1)[C@@H](Cl)c1ccccc1. The van der Waals surface area contributed by atoms with E-state index in [0.717, 1.165) is 5.56 Å². The summed E-state index contributed by atoms with van der Waals surface area (Å²) in [6.07, 6.45) is 0. The number of nitrogens with one attached hydrogen (secondary N) is 1. The Kier molecular flexibility index (Phi) is 4.70. The molecule has 2 aromatic carbocycles. The van der Waals surface area contributed by atoms with Crippen LogP contribution in [0.15, 0.2) is 48.5 Å². The van der Waals surface area contributed by atoms with Crippen molar-refractivity contribution in [3.05, 3.63) is 64.1 Å². The number of halogens is 3. The van der Waals surface area contributed by atoms with E-state index < -0.39 is 5.38 Å². The summed E-state index contributed by atoms with van der Waals surface area (Å²) in [7, 11) is 0. The number of hydrogen-bond acceptors (Lipinski definition) is 1. The second-order valence-electron chi connectivity index (χ2n) is 3.92. The fraction of sp³-hybridized carbons (Fsp3) is 0.0714. The maximum Gasteiger partial charge on any atom is 0.246 e. The van der Waals surface area contributed by atoms with Gasteiger partial charge in [-0.1, -0.05) is 53.5 Å². The Hall–Kier alpha value is -1.22. The lowest BCUT2D eigenvalue weighted by Crippen LogP contribution is -2.17. The highest BCUT2D eigenvalue weighted by Gasteiger charge is 2.17. The van der Waals surface area contributed by atoms with E-state index in [1.165, 1.54) is 0 Å². The first-order valence-electron chi connectivity index (χ1n) is 5.52. The summed E-state index contributed by atoms with van der Waals surface area (Å²) < 4.78 is 0. The monoisotopic (exact) mass is 313 g/mol. The summed E-state index contributed by atoms with van der Waals surface area (Å²) >= 11 is 17.8. The lowest BCUT2D eigenvalue weighted by Gasteiger charge is -2.11. The molecule has 2 nitrogen and oxygen atoms in total. The lowest BCUT2D eigenvalue weighted by molar-refractivity contribution is -0.116. The van der Waals surface area contributed by atoms with Crippen molar-refractivity contribution < 1.29 is 4.79 Å². The Bertz CT molecular complexity index is 566. The normalized spacial score (nSPS) is 11.9. The fourth-order valence-electron chi connectivity index (χ4n) is 1.61. The molecule has 0 bridgehead atoms. The molecular weight excluding hydrogens is 305 g/mol. The van der Waals surface area contributed by atoms with Crippen molar-refractivity contribution in [2.24, 2.45) is 0 Å². The van der Waals surface area contributed by atoms with Gasteiger partial charge in [-0.2, -0.15) is 0 Å². The van der Waals surface area contributed by atoms with Gasteiger partial charge in [0.2, 0.25) is 5.91 Å². The van der Waals surface area contributed by atoms with Crippen LogP contribution in [-0.2, 0) is 4.79 Å². The van der Waals surface area contributed by atoms with Crippen LogP contribution in [-0.4, -0.2) is 5.91 Å². The van der Waals surface area contributed by atoms with E-state index in [-0.39, 0.29) is 5.91 Å². The highest BCUT2D eigenvalue weighted by Crippen LogP contribution is 2.25. The van der Waals surface area contributed by atoms with Crippen LogP contribution in [0, 0.1) is 0 Å². The van der Waals surface area contributed by atoms with Gasteiger partial charge in [0, 0.05) is 15.7 Å². The Morgan fingerprint density at radius 1 is 1.00 bits per heavy atom. The second-order valence-corrected chi connectivity index (χ2v) is 5.23. The topological polar surface area (TPSA) is 29.1 Å². The lowest BCUT2D eigenvalue weighted by atomic mass is 10.1. The summed E-state index contributed by atoms with van der Waals surface area (Å²) in [5.41, 5.74) is 1.25. The Morgan fingerprint density at radius 2 is 1.58 bits per heavy atom.